The molecule has 21 heavy (non-hydrogen) atoms. The van der Waals surface area contributed by atoms with Crippen LogP contribution in [0.1, 0.15) is 55.6 Å². The number of amides is 1. The SMILES string of the molecule is O=C(CC1(O)CCCCC1)NC1C2Cc3ccccc3C21. The smallest absolute Gasteiger partial charge is 0.223 e. The van der Waals surface area contributed by atoms with E-state index in [0.29, 0.717) is 17.9 Å². The van der Waals surface area contributed by atoms with Gasteiger partial charge in [0.25, 0.3) is 0 Å². The van der Waals surface area contributed by atoms with E-state index in [1.54, 1.807) is 0 Å². The highest BCUT2D eigenvalue weighted by atomic mass is 16.3. The molecule has 3 aliphatic carbocycles. The van der Waals surface area contributed by atoms with Crippen molar-refractivity contribution in [2.45, 2.75) is 62.5 Å². The summed E-state index contributed by atoms with van der Waals surface area (Å²) in [6, 6.07) is 8.88. The Morgan fingerprint density at radius 2 is 2.00 bits per heavy atom. The van der Waals surface area contributed by atoms with Crippen LogP contribution in [0, 0.1) is 5.92 Å². The third kappa shape index (κ3) is 2.38. The van der Waals surface area contributed by atoms with E-state index in [1.165, 1.54) is 17.5 Å². The van der Waals surface area contributed by atoms with Crippen molar-refractivity contribution in [2.24, 2.45) is 5.92 Å². The van der Waals surface area contributed by atoms with Crippen LogP contribution in [0.25, 0.3) is 0 Å². The van der Waals surface area contributed by atoms with Crippen LogP contribution in [0.4, 0.5) is 0 Å². The molecule has 0 heterocycles. The quantitative estimate of drug-likeness (QED) is 0.896. The lowest BCUT2D eigenvalue weighted by Gasteiger charge is -2.31. The van der Waals surface area contributed by atoms with Crippen LogP contribution in [-0.2, 0) is 11.2 Å². The van der Waals surface area contributed by atoms with E-state index in [2.05, 4.69) is 29.6 Å². The Morgan fingerprint density at radius 3 is 2.81 bits per heavy atom. The molecule has 0 saturated heterocycles. The molecule has 2 saturated carbocycles. The minimum Gasteiger partial charge on any atom is -0.389 e. The number of fused-ring (bicyclic) bond motifs is 3. The van der Waals surface area contributed by atoms with Crippen molar-refractivity contribution < 1.29 is 9.90 Å². The van der Waals surface area contributed by atoms with Crippen molar-refractivity contribution >= 4 is 5.91 Å². The molecule has 2 fully saturated rings. The molecule has 3 aliphatic rings. The molecule has 0 bridgehead atoms. The Kier molecular flexibility index (Phi) is 3.07. The molecule has 3 nitrogen and oxygen atoms in total. The first kappa shape index (κ1) is 13.3. The fraction of sp³-hybridized carbons (Fsp3) is 0.611. The van der Waals surface area contributed by atoms with Crippen LogP contribution < -0.4 is 5.32 Å². The van der Waals surface area contributed by atoms with Gasteiger partial charge in [-0.3, -0.25) is 4.79 Å². The highest BCUT2D eigenvalue weighted by molar-refractivity contribution is 5.78. The normalized spacial score (nSPS) is 32.1. The van der Waals surface area contributed by atoms with E-state index < -0.39 is 5.60 Å². The van der Waals surface area contributed by atoms with E-state index in [1.807, 2.05) is 0 Å². The first-order chi connectivity index (χ1) is 10.2. The molecule has 4 rings (SSSR count). The van der Waals surface area contributed by atoms with Crippen molar-refractivity contribution in [3.05, 3.63) is 35.4 Å². The summed E-state index contributed by atoms with van der Waals surface area (Å²) in [4.78, 5) is 12.2. The van der Waals surface area contributed by atoms with Gasteiger partial charge in [0, 0.05) is 12.0 Å². The number of carbonyl (C=O) groups excluding carboxylic acids is 1. The zero-order valence-electron chi connectivity index (χ0n) is 12.3. The maximum atomic E-state index is 12.2. The summed E-state index contributed by atoms with van der Waals surface area (Å²) in [6.07, 6.45) is 6.22. The third-order valence-corrected chi connectivity index (χ3v) is 5.64. The number of nitrogens with one attached hydrogen (secondary N) is 1. The summed E-state index contributed by atoms with van der Waals surface area (Å²) in [7, 11) is 0. The molecule has 3 atom stereocenters. The summed E-state index contributed by atoms with van der Waals surface area (Å²) in [5.74, 6) is 1.15. The summed E-state index contributed by atoms with van der Waals surface area (Å²) in [5.41, 5.74) is 2.12. The Bertz CT molecular complexity index is 562. The molecule has 0 spiro atoms. The van der Waals surface area contributed by atoms with E-state index in [0.717, 1.165) is 32.1 Å². The van der Waals surface area contributed by atoms with E-state index in [-0.39, 0.29) is 12.3 Å². The molecular weight excluding hydrogens is 262 g/mol. The van der Waals surface area contributed by atoms with Crippen LogP contribution in [-0.4, -0.2) is 22.7 Å². The Balaban J connectivity index is 1.35. The molecule has 112 valence electrons. The first-order valence-electron chi connectivity index (χ1n) is 8.26. The van der Waals surface area contributed by atoms with Gasteiger partial charge in [-0.25, -0.2) is 0 Å². The molecule has 0 aliphatic heterocycles. The van der Waals surface area contributed by atoms with Crippen LogP contribution in [0.15, 0.2) is 24.3 Å². The number of aliphatic hydroxyl groups is 1. The molecule has 1 amide bonds. The van der Waals surface area contributed by atoms with Crippen LogP contribution in [0.3, 0.4) is 0 Å². The van der Waals surface area contributed by atoms with Crippen LogP contribution in [0.5, 0.6) is 0 Å². The number of hydrogen-bond donors (Lipinski definition) is 2. The largest absolute Gasteiger partial charge is 0.389 e. The molecule has 1 aromatic rings. The van der Waals surface area contributed by atoms with Gasteiger partial charge in [0.2, 0.25) is 5.91 Å². The van der Waals surface area contributed by atoms with Gasteiger partial charge in [0.1, 0.15) is 0 Å². The number of hydrogen-bond acceptors (Lipinski definition) is 2. The minimum atomic E-state index is -0.746. The van der Waals surface area contributed by atoms with Crippen molar-refractivity contribution in [1.29, 1.82) is 0 Å². The van der Waals surface area contributed by atoms with Crippen molar-refractivity contribution in [2.75, 3.05) is 0 Å². The lowest BCUT2D eigenvalue weighted by molar-refractivity contribution is -0.127. The number of benzene rings is 1. The topological polar surface area (TPSA) is 49.3 Å². The number of carbonyl (C=O) groups is 1. The second-order valence-electron chi connectivity index (χ2n) is 7.15. The average Bonchev–Trinajstić information content (AvgIpc) is 2.96. The molecule has 3 heteroatoms. The Labute approximate surface area is 125 Å². The maximum absolute atomic E-state index is 12.2. The Morgan fingerprint density at radius 1 is 1.24 bits per heavy atom. The highest BCUT2D eigenvalue weighted by Gasteiger charge is 2.56. The van der Waals surface area contributed by atoms with Crippen molar-refractivity contribution in [1.82, 2.24) is 5.32 Å². The van der Waals surface area contributed by atoms with Gasteiger partial charge in [-0.15, -0.1) is 0 Å². The van der Waals surface area contributed by atoms with Gasteiger partial charge >= 0.3 is 0 Å². The molecule has 0 aromatic heterocycles. The summed E-state index contributed by atoms with van der Waals surface area (Å²) in [6.45, 7) is 0. The first-order valence-corrected chi connectivity index (χ1v) is 8.26. The van der Waals surface area contributed by atoms with Crippen molar-refractivity contribution in [3.8, 4) is 0 Å². The zero-order chi connectivity index (χ0) is 14.4. The minimum absolute atomic E-state index is 0.0382. The van der Waals surface area contributed by atoms with Gasteiger partial charge in [-0.1, -0.05) is 43.5 Å². The molecular formula is C18H23NO2. The van der Waals surface area contributed by atoms with E-state index in [9.17, 15) is 9.90 Å². The lowest BCUT2D eigenvalue weighted by Crippen LogP contribution is -2.39. The second kappa shape index (κ2) is 4.84. The van der Waals surface area contributed by atoms with E-state index >= 15 is 0 Å². The predicted molar refractivity (Wildman–Crippen MR) is 81.0 cm³/mol. The summed E-state index contributed by atoms with van der Waals surface area (Å²) in [5, 5.41) is 13.6. The fourth-order valence-electron chi connectivity index (χ4n) is 4.47. The Hall–Kier alpha value is -1.35. The third-order valence-electron chi connectivity index (χ3n) is 5.64. The summed E-state index contributed by atoms with van der Waals surface area (Å²) < 4.78 is 0. The molecule has 3 unspecified atom stereocenters. The average molecular weight is 285 g/mol. The molecule has 1 aromatic carbocycles. The van der Waals surface area contributed by atoms with Gasteiger partial charge in [0.05, 0.1) is 12.0 Å². The summed E-state index contributed by atoms with van der Waals surface area (Å²) >= 11 is 0. The lowest BCUT2D eigenvalue weighted by atomic mass is 9.82. The van der Waals surface area contributed by atoms with Crippen LogP contribution >= 0.6 is 0 Å². The predicted octanol–water partition coefficient (Wildman–Crippen LogP) is 2.53. The fourth-order valence-corrected chi connectivity index (χ4v) is 4.47. The van der Waals surface area contributed by atoms with Crippen molar-refractivity contribution in [3.63, 3.8) is 0 Å². The maximum Gasteiger partial charge on any atom is 0.223 e. The standard InChI is InChI=1S/C18H23NO2/c20-15(11-18(21)8-4-1-5-9-18)19-17-14-10-12-6-2-3-7-13(12)16(14)17/h2-3,6-7,14,16-17,21H,1,4-5,8-11H2,(H,19,20). The molecule has 0 radical (unpaired) electrons. The monoisotopic (exact) mass is 285 g/mol. The van der Waals surface area contributed by atoms with Gasteiger partial charge in [0.15, 0.2) is 0 Å². The van der Waals surface area contributed by atoms with E-state index in [4.69, 9.17) is 0 Å². The molecule has 2 N–H and O–H groups in total. The zero-order valence-corrected chi connectivity index (χ0v) is 12.3. The number of rotatable bonds is 3. The van der Waals surface area contributed by atoms with Crippen LogP contribution in [0.2, 0.25) is 0 Å². The van der Waals surface area contributed by atoms with Gasteiger partial charge in [-0.2, -0.15) is 0 Å². The van der Waals surface area contributed by atoms with Gasteiger partial charge in [-0.05, 0) is 36.3 Å². The second-order valence-corrected chi connectivity index (χ2v) is 7.15. The highest BCUT2D eigenvalue weighted by Crippen LogP contribution is 2.56. The van der Waals surface area contributed by atoms with Gasteiger partial charge < -0.3 is 10.4 Å².